The van der Waals surface area contributed by atoms with Crippen LogP contribution in [-0.2, 0) is 6.42 Å². The summed E-state index contributed by atoms with van der Waals surface area (Å²) in [5.74, 6) is 0. The summed E-state index contributed by atoms with van der Waals surface area (Å²) in [6, 6.07) is 10.5. The second-order valence-corrected chi connectivity index (χ2v) is 5.49. The van der Waals surface area contributed by atoms with Gasteiger partial charge in [0.25, 0.3) is 5.69 Å². The quantitative estimate of drug-likeness (QED) is 0.511. The number of fused-ring (bicyclic) bond motifs is 1. The molecule has 0 fully saturated rings. The van der Waals surface area contributed by atoms with Gasteiger partial charge in [0.1, 0.15) is 5.69 Å². The van der Waals surface area contributed by atoms with Crippen molar-refractivity contribution < 1.29 is 4.92 Å². The molecule has 0 radical (unpaired) electrons. The number of hydrogen-bond acceptors (Lipinski definition) is 4. The van der Waals surface area contributed by atoms with E-state index in [-0.39, 0.29) is 11.7 Å². The Bertz CT molecular complexity index is 718. The lowest BCUT2D eigenvalue weighted by molar-refractivity contribution is -0.384. The molecule has 0 bridgehead atoms. The second-order valence-electron chi connectivity index (χ2n) is 5.08. The van der Waals surface area contributed by atoms with E-state index in [2.05, 4.69) is 5.32 Å². The first-order valence-electron chi connectivity index (χ1n) is 6.64. The van der Waals surface area contributed by atoms with Crippen molar-refractivity contribution in [3.05, 3.63) is 62.7 Å². The van der Waals surface area contributed by atoms with E-state index in [4.69, 9.17) is 17.3 Å². The molecular weight excluding hydrogens is 290 g/mol. The summed E-state index contributed by atoms with van der Waals surface area (Å²) in [5.41, 5.74) is 9.19. The maximum atomic E-state index is 11.1. The summed E-state index contributed by atoms with van der Waals surface area (Å²) in [6.45, 7) is 0. The summed E-state index contributed by atoms with van der Waals surface area (Å²) in [7, 11) is 0. The molecule has 0 amide bonds. The molecule has 0 aromatic heterocycles. The molecule has 108 valence electrons. The third-order valence-electron chi connectivity index (χ3n) is 3.75. The van der Waals surface area contributed by atoms with E-state index in [1.807, 2.05) is 18.2 Å². The molecule has 1 unspecified atom stereocenters. The maximum Gasteiger partial charge on any atom is 0.293 e. The first-order valence-corrected chi connectivity index (χ1v) is 7.02. The van der Waals surface area contributed by atoms with Crippen LogP contribution in [0.5, 0.6) is 0 Å². The lowest BCUT2D eigenvalue weighted by atomic mass is 10.1. The molecule has 0 heterocycles. The Kier molecular flexibility index (Phi) is 3.43. The number of nitro groups is 1. The zero-order valence-electron chi connectivity index (χ0n) is 11.2. The topological polar surface area (TPSA) is 81.2 Å². The van der Waals surface area contributed by atoms with Crippen molar-refractivity contribution >= 4 is 28.7 Å². The predicted molar refractivity (Wildman–Crippen MR) is 83.6 cm³/mol. The minimum atomic E-state index is -0.424. The average Bonchev–Trinajstić information content (AvgIpc) is 2.83. The number of nitrogen functional groups attached to an aromatic ring is 1. The van der Waals surface area contributed by atoms with Gasteiger partial charge in [-0.15, -0.1) is 0 Å². The van der Waals surface area contributed by atoms with E-state index in [1.54, 1.807) is 12.1 Å². The highest BCUT2D eigenvalue weighted by Crippen LogP contribution is 2.39. The SMILES string of the molecule is Nc1ccc2c(c1)CCC2Nc1c(Cl)cccc1[N+](=O)[O-]. The molecule has 0 saturated heterocycles. The smallest absolute Gasteiger partial charge is 0.293 e. The van der Waals surface area contributed by atoms with E-state index in [1.165, 1.54) is 11.6 Å². The molecule has 0 saturated carbocycles. The molecule has 6 heteroatoms. The third-order valence-corrected chi connectivity index (χ3v) is 4.07. The number of rotatable bonds is 3. The van der Waals surface area contributed by atoms with E-state index in [0.29, 0.717) is 10.7 Å². The van der Waals surface area contributed by atoms with Crippen LogP contribution in [0, 0.1) is 10.1 Å². The van der Waals surface area contributed by atoms with Gasteiger partial charge in [-0.1, -0.05) is 23.7 Å². The van der Waals surface area contributed by atoms with Gasteiger partial charge in [-0.2, -0.15) is 0 Å². The largest absolute Gasteiger partial charge is 0.399 e. The molecule has 1 aliphatic rings. The summed E-state index contributed by atoms with van der Waals surface area (Å²) in [4.78, 5) is 10.7. The zero-order chi connectivity index (χ0) is 15.0. The van der Waals surface area contributed by atoms with Crippen molar-refractivity contribution in [2.75, 3.05) is 11.1 Å². The predicted octanol–water partition coefficient (Wildman–Crippen LogP) is 3.93. The molecule has 2 aromatic rings. The summed E-state index contributed by atoms with van der Waals surface area (Å²) in [5, 5.41) is 14.7. The Balaban J connectivity index is 1.95. The van der Waals surface area contributed by atoms with Gasteiger partial charge in [0.05, 0.1) is 16.0 Å². The average molecular weight is 304 g/mol. The highest BCUT2D eigenvalue weighted by atomic mass is 35.5. The van der Waals surface area contributed by atoms with E-state index in [0.717, 1.165) is 24.1 Å². The zero-order valence-corrected chi connectivity index (χ0v) is 11.9. The minimum absolute atomic E-state index is 0.00797. The highest BCUT2D eigenvalue weighted by molar-refractivity contribution is 6.33. The Morgan fingerprint density at radius 2 is 2.14 bits per heavy atom. The fourth-order valence-electron chi connectivity index (χ4n) is 2.77. The van der Waals surface area contributed by atoms with Gasteiger partial charge in [-0.3, -0.25) is 10.1 Å². The first kappa shape index (κ1) is 13.7. The number of aryl methyl sites for hydroxylation is 1. The molecule has 2 aromatic carbocycles. The minimum Gasteiger partial charge on any atom is -0.399 e. The molecule has 3 rings (SSSR count). The van der Waals surface area contributed by atoms with Crippen molar-refractivity contribution in [2.45, 2.75) is 18.9 Å². The molecule has 1 atom stereocenters. The third kappa shape index (κ3) is 2.52. The number of anilines is 2. The van der Waals surface area contributed by atoms with Crippen molar-refractivity contribution in [1.82, 2.24) is 0 Å². The van der Waals surface area contributed by atoms with Crippen LogP contribution < -0.4 is 11.1 Å². The summed E-state index contributed by atoms with van der Waals surface area (Å²) < 4.78 is 0. The van der Waals surface area contributed by atoms with Gasteiger partial charge in [0.2, 0.25) is 0 Å². The number of benzene rings is 2. The maximum absolute atomic E-state index is 11.1. The molecule has 3 N–H and O–H groups in total. The van der Waals surface area contributed by atoms with E-state index < -0.39 is 4.92 Å². The van der Waals surface area contributed by atoms with Gasteiger partial charge in [0.15, 0.2) is 0 Å². The molecular formula is C15H14ClN3O2. The van der Waals surface area contributed by atoms with E-state index >= 15 is 0 Å². The first-order chi connectivity index (χ1) is 10.1. The van der Waals surface area contributed by atoms with Crippen LogP contribution in [0.4, 0.5) is 17.1 Å². The Morgan fingerprint density at radius 3 is 2.90 bits per heavy atom. The molecule has 0 spiro atoms. The Labute approximate surface area is 126 Å². The van der Waals surface area contributed by atoms with Gasteiger partial charge >= 0.3 is 0 Å². The summed E-state index contributed by atoms with van der Waals surface area (Å²) in [6.07, 6.45) is 1.76. The number of nitrogens with one attached hydrogen (secondary N) is 1. The lowest BCUT2D eigenvalue weighted by Crippen LogP contribution is -2.09. The normalized spacial score (nSPS) is 16.5. The number of nitrogens with two attached hydrogens (primary N) is 1. The van der Waals surface area contributed by atoms with Crippen LogP contribution in [-0.4, -0.2) is 4.92 Å². The number of hydrogen-bond donors (Lipinski definition) is 2. The van der Waals surface area contributed by atoms with Crippen LogP contribution in [0.3, 0.4) is 0 Å². The molecule has 5 nitrogen and oxygen atoms in total. The van der Waals surface area contributed by atoms with Crippen molar-refractivity contribution in [2.24, 2.45) is 0 Å². The molecule has 0 aliphatic heterocycles. The number of para-hydroxylation sites is 1. The van der Waals surface area contributed by atoms with Crippen LogP contribution in [0.15, 0.2) is 36.4 Å². The molecule has 1 aliphatic carbocycles. The van der Waals surface area contributed by atoms with Crippen molar-refractivity contribution in [3.8, 4) is 0 Å². The van der Waals surface area contributed by atoms with Crippen LogP contribution in [0.1, 0.15) is 23.6 Å². The van der Waals surface area contributed by atoms with Crippen molar-refractivity contribution in [1.29, 1.82) is 0 Å². The van der Waals surface area contributed by atoms with Gasteiger partial charge in [-0.25, -0.2) is 0 Å². The molecule has 21 heavy (non-hydrogen) atoms. The monoisotopic (exact) mass is 303 g/mol. The standard InChI is InChI=1S/C15H14ClN3O2/c16-12-2-1-3-14(19(20)21)15(12)18-13-7-4-9-8-10(17)5-6-11(9)13/h1-3,5-6,8,13,18H,4,7,17H2. The number of halogens is 1. The fourth-order valence-corrected chi connectivity index (χ4v) is 2.99. The van der Waals surface area contributed by atoms with E-state index in [9.17, 15) is 10.1 Å². The van der Waals surface area contributed by atoms with Crippen LogP contribution in [0.2, 0.25) is 5.02 Å². The Hall–Kier alpha value is -2.27. The van der Waals surface area contributed by atoms with Gasteiger partial charge in [-0.05, 0) is 42.2 Å². The lowest BCUT2D eigenvalue weighted by Gasteiger charge is -2.16. The highest BCUT2D eigenvalue weighted by Gasteiger charge is 2.26. The second kappa shape index (κ2) is 5.26. The van der Waals surface area contributed by atoms with Crippen LogP contribution in [0.25, 0.3) is 0 Å². The number of nitro benzene ring substituents is 1. The van der Waals surface area contributed by atoms with Crippen molar-refractivity contribution in [3.63, 3.8) is 0 Å². The Morgan fingerprint density at radius 1 is 1.33 bits per heavy atom. The van der Waals surface area contributed by atoms with Gasteiger partial charge in [0, 0.05) is 11.8 Å². The van der Waals surface area contributed by atoms with Crippen LogP contribution >= 0.6 is 11.6 Å². The fraction of sp³-hybridized carbons (Fsp3) is 0.200. The summed E-state index contributed by atoms with van der Waals surface area (Å²) >= 11 is 6.12. The van der Waals surface area contributed by atoms with Gasteiger partial charge < -0.3 is 11.1 Å². The number of nitrogens with zero attached hydrogens (tertiary/aromatic N) is 1.